The first-order valence-corrected chi connectivity index (χ1v) is 47.2. The molecule has 122 heavy (non-hydrogen) atoms. The maximum absolute atomic E-state index is 13.7. The van der Waals surface area contributed by atoms with Gasteiger partial charge in [-0.1, -0.05) is 124 Å². The van der Waals surface area contributed by atoms with Crippen LogP contribution in [0.25, 0.3) is 0 Å². The molecule has 0 bridgehead atoms. The van der Waals surface area contributed by atoms with Crippen LogP contribution >= 0.6 is 94.1 Å². The molecule has 0 fully saturated rings. The number of amides is 8. The quantitative estimate of drug-likeness (QED) is 0.0199. The first kappa shape index (κ1) is 115. The molecule has 708 valence electrons. The molecule has 2 aliphatic rings. The maximum atomic E-state index is 13.7. The van der Waals surface area contributed by atoms with E-state index >= 15 is 0 Å². The van der Waals surface area contributed by atoms with E-state index in [0.29, 0.717) is 100 Å². The SMILES string of the molecule is O=C(NC(CO)(CO)CO)C(CCCCCCSC1=C(SCCCCCCC(C(=O)NC(CO)(CO)CO)C(=O)NC(CO)(CO)CO)SC(=C2SC(SCCCCCCC(C(=O)NC(CO)(CO)CO)C(=O)NC(CO)(CO)CO)=C(SCCCCCCC(C(=O)NC(CO)(CO)CO)C(=O)NC(CO)(CO)CO)S2)S1)C(=O)NC(CO)(CO)CO. The van der Waals surface area contributed by atoms with Crippen LogP contribution in [0.5, 0.6) is 0 Å². The van der Waals surface area contributed by atoms with Gasteiger partial charge in [-0.3, -0.25) is 38.4 Å². The lowest BCUT2D eigenvalue weighted by Crippen LogP contribution is -2.62. The zero-order valence-corrected chi connectivity index (χ0v) is 75.0. The van der Waals surface area contributed by atoms with E-state index in [1.807, 2.05) is 0 Å². The molecule has 32 N–H and O–H groups in total. The molecular weight excluding hydrogens is 1770 g/mol. The van der Waals surface area contributed by atoms with Gasteiger partial charge in [-0.15, -0.1) is 47.0 Å². The molecule has 0 saturated heterocycles. The van der Waals surface area contributed by atoms with Gasteiger partial charge in [0, 0.05) is 0 Å². The fourth-order valence-electron chi connectivity index (χ4n) is 11.4. The third kappa shape index (κ3) is 35.9. The number of unbranched alkanes of at least 4 members (excludes halogenated alkanes) is 12. The highest BCUT2D eigenvalue weighted by atomic mass is 32.3. The van der Waals surface area contributed by atoms with Crippen molar-refractivity contribution in [3.63, 3.8) is 0 Å². The maximum Gasteiger partial charge on any atom is 0.233 e. The highest BCUT2D eigenvalue weighted by Gasteiger charge is 2.45. The highest BCUT2D eigenvalue weighted by Crippen LogP contribution is 2.66. The smallest absolute Gasteiger partial charge is 0.233 e. The van der Waals surface area contributed by atoms with Crippen molar-refractivity contribution >= 4 is 141 Å². The van der Waals surface area contributed by atoms with Gasteiger partial charge in [0.15, 0.2) is 0 Å². The molecule has 0 aromatic heterocycles. The Morgan fingerprint density at radius 1 is 0.197 bits per heavy atom. The van der Waals surface area contributed by atoms with Gasteiger partial charge in [0.2, 0.25) is 47.3 Å². The van der Waals surface area contributed by atoms with Crippen LogP contribution in [-0.4, -0.2) is 396 Å². The van der Waals surface area contributed by atoms with Gasteiger partial charge in [0.25, 0.3) is 0 Å². The monoisotopic (exact) mass is 1900 g/mol. The minimum atomic E-state index is -1.90. The minimum Gasteiger partial charge on any atom is -0.394 e. The minimum absolute atomic E-state index is 0.0931. The Balaban J connectivity index is 2.61. The number of thioether (sulfide) groups is 8. The average Bonchev–Trinajstić information content (AvgIpc) is 1.64. The van der Waals surface area contributed by atoms with Gasteiger partial charge < -0.3 is 165 Å². The fraction of sp³-hybridized carbons (Fsp3) is 0.811. The molecule has 0 aromatic carbocycles. The van der Waals surface area contributed by atoms with Crippen LogP contribution in [0.1, 0.15) is 128 Å². The number of nitrogens with one attached hydrogen (secondary N) is 8. The van der Waals surface area contributed by atoms with Crippen LogP contribution in [0.3, 0.4) is 0 Å². The topological polar surface area (TPSA) is 718 Å². The summed E-state index contributed by atoms with van der Waals surface area (Å²) < 4.78 is 5.91. The third-order valence-corrected chi connectivity index (χ3v) is 32.5. The number of carbonyl (C=O) groups excluding carboxylic acids is 8. The molecule has 40 nitrogen and oxygen atoms in total. The van der Waals surface area contributed by atoms with Crippen LogP contribution in [0.15, 0.2) is 25.4 Å². The molecular formula is C74H132N8O32S8. The molecule has 0 radical (unpaired) electrons. The summed E-state index contributed by atoms with van der Waals surface area (Å²) in [5.74, 6) is -11.5. The van der Waals surface area contributed by atoms with E-state index in [1.165, 1.54) is 0 Å². The number of aliphatic hydroxyl groups excluding tert-OH is 24. The molecule has 0 spiro atoms. The summed E-state index contributed by atoms with van der Waals surface area (Å²) in [6, 6.07) is 0. The van der Waals surface area contributed by atoms with E-state index in [2.05, 4.69) is 42.5 Å². The largest absolute Gasteiger partial charge is 0.394 e. The molecule has 0 atom stereocenters. The number of rotatable bonds is 72. The van der Waals surface area contributed by atoms with Crippen molar-refractivity contribution < 1.29 is 161 Å². The van der Waals surface area contributed by atoms with Crippen LogP contribution < -0.4 is 42.5 Å². The summed E-state index contributed by atoms with van der Waals surface area (Å²) in [6.07, 6.45) is 7.71. The first-order chi connectivity index (χ1) is 58.4. The molecule has 0 aliphatic carbocycles. The van der Waals surface area contributed by atoms with Crippen LogP contribution in [0, 0.1) is 23.7 Å². The second kappa shape index (κ2) is 60.7. The molecule has 8 amide bonds. The number of carbonyl (C=O) groups is 8. The average molecular weight is 1900 g/mol. The standard InChI is InChI=1S/C74H132N8O32S8/c83-25-67(26-84,27-85)75-53(107)49(54(108)76-68(28-86,29-87)30-88)17-9-1-5-13-21-115-61-62(116-22-14-6-2-10-18-50(55(109)77-69(31-89,32-90)33-91)56(110)78-70(34-92,35-93)36-94)120-65(119-61)66-121-63(117-23-15-7-3-11-19-51(57(111)79-71(37-95,38-96)39-97)58(112)80-72(40-98,41-99)42-100)64(122-66)118-24-16-8-4-12-20-52(59(113)81-73(43-101,44-102)45-103)60(114)82-74(46-104,47-105)48-106/h49-52,83-106H,1-48H2,(H,75,107)(H,76,108)(H,77,109)(H,78,110)(H,79,111)(H,80,112)(H,81,113)(H,82,114). The van der Waals surface area contributed by atoms with Crippen molar-refractivity contribution in [3.8, 4) is 0 Å². The van der Waals surface area contributed by atoms with Crippen LogP contribution in [-0.2, 0) is 38.4 Å². The Hall–Kier alpha value is -3.18. The van der Waals surface area contributed by atoms with Crippen molar-refractivity contribution in [1.29, 1.82) is 0 Å². The second-order valence-corrected chi connectivity index (χ2v) is 40.6. The Morgan fingerprint density at radius 3 is 0.426 bits per heavy atom. The van der Waals surface area contributed by atoms with Gasteiger partial charge in [0.05, 0.1) is 184 Å². The van der Waals surface area contributed by atoms with Gasteiger partial charge >= 0.3 is 0 Å². The summed E-state index contributed by atoms with van der Waals surface area (Å²) in [7, 11) is 0. The van der Waals surface area contributed by atoms with E-state index < -0.39 is 274 Å². The normalized spacial score (nSPS) is 14.1. The summed E-state index contributed by atoms with van der Waals surface area (Å²) in [5, 5.41) is 258. The lowest BCUT2D eigenvalue weighted by molar-refractivity contribution is -0.141. The second-order valence-electron chi connectivity index (χ2n) is 30.5. The van der Waals surface area contributed by atoms with Gasteiger partial charge in [-0.05, 0) is 74.4 Å². The van der Waals surface area contributed by atoms with E-state index in [-0.39, 0.29) is 51.4 Å². The summed E-state index contributed by atoms with van der Waals surface area (Å²) in [6.45, 7) is -21.4. The molecule has 2 aliphatic heterocycles. The Kier molecular flexibility index (Phi) is 57.1. The lowest BCUT2D eigenvalue weighted by atomic mass is 9.94. The Morgan fingerprint density at radius 2 is 0.311 bits per heavy atom. The lowest BCUT2D eigenvalue weighted by Gasteiger charge is -2.33. The van der Waals surface area contributed by atoms with E-state index in [4.69, 9.17) is 0 Å². The Bertz CT molecular complexity index is 2620. The van der Waals surface area contributed by atoms with Crippen molar-refractivity contribution in [2.45, 2.75) is 173 Å². The summed E-state index contributed by atoms with van der Waals surface area (Å²) in [5.41, 5.74) is -15.2. The fourth-order valence-corrected chi connectivity index (χ4v) is 23.7. The van der Waals surface area contributed by atoms with Crippen LogP contribution in [0.2, 0.25) is 0 Å². The predicted octanol–water partition coefficient (Wildman–Crippen LogP) is -6.82. The van der Waals surface area contributed by atoms with E-state index in [0.717, 1.165) is 25.4 Å². The number of aliphatic hydroxyl groups is 24. The summed E-state index contributed by atoms with van der Waals surface area (Å²) >= 11 is 12.7. The zero-order valence-electron chi connectivity index (χ0n) is 68.5. The van der Waals surface area contributed by atoms with Gasteiger partial charge in [-0.2, -0.15) is 0 Å². The molecule has 2 heterocycles. The molecule has 0 unspecified atom stereocenters. The van der Waals surface area contributed by atoms with Crippen molar-refractivity contribution in [1.82, 2.24) is 42.5 Å². The zero-order chi connectivity index (χ0) is 91.6. The van der Waals surface area contributed by atoms with Crippen LogP contribution in [0.4, 0.5) is 0 Å². The predicted molar refractivity (Wildman–Crippen MR) is 465 cm³/mol. The third-order valence-electron chi connectivity index (χ3n) is 20.6. The van der Waals surface area contributed by atoms with Crippen molar-refractivity contribution in [2.24, 2.45) is 23.7 Å². The van der Waals surface area contributed by atoms with E-state index in [9.17, 15) is 161 Å². The van der Waals surface area contributed by atoms with Crippen molar-refractivity contribution in [2.75, 3.05) is 182 Å². The van der Waals surface area contributed by atoms with Gasteiger partial charge in [0.1, 0.15) is 68.0 Å². The molecule has 48 heteroatoms. The number of hydrogen-bond donors (Lipinski definition) is 32. The molecule has 0 aromatic rings. The molecule has 2 rings (SSSR count). The van der Waals surface area contributed by atoms with Crippen molar-refractivity contribution in [3.05, 3.63) is 25.4 Å². The Labute approximate surface area is 743 Å². The highest BCUT2D eigenvalue weighted by molar-refractivity contribution is 8.45. The van der Waals surface area contributed by atoms with Gasteiger partial charge in [-0.25, -0.2) is 0 Å². The van der Waals surface area contributed by atoms with E-state index in [1.54, 1.807) is 94.1 Å². The number of hydrogen-bond acceptors (Lipinski definition) is 40. The first-order valence-electron chi connectivity index (χ1n) is 40.0. The summed E-state index contributed by atoms with van der Waals surface area (Å²) in [4.78, 5) is 109. The molecule has 0 saturated carbocycles.